The first-order chi connectivity index (χ1) is 12.5. The van der Waals surface area contributed by atoms with Crippen molar-refractivity contribution in [1.29, 1.82) is 0 Å². The van der Waals surface area contributed by atoms with E-state index in [1.54, 1.807) is 23.9 Å². The minimum Gasteiger partial charge on any atom is -0.351 e. The van der Waals surface area contributed by atoms with Crippen LogP contribution in [0.2, 0.25) is 0 Å². The van der Waals surface area contributed by atoms with Crippen LogP contribution < -0.4 is 11.1 Å². The first-order valence-electron chi connectivity index (χ1n) is 8.81. The van der Waals surface area contributed by atoms with Gasteiger partial charge in [0, 0.05) is 39.3 Å². The number of nitrogens with one attached hydrogen (secondary N) is 1. The third kappa shape index (κ3) is 5.96. The van der Waals surface area contributed by atoms with Crippen LogP contribution in [0, 0.1) is 5.82 Å². The van der Waals surface area contributed by atoms with E-state index in [4.69, 9.17) is 5.73 Å². The van der Waals surface area contributed by atoms with Gasteiger partial charge < -0.3 is 16.0 Å². The van der Waals surface area contributed by atoms with Crippen LogP contribution in [0.5, 0.6) is 0 Å². The summed E-state index contributed by atoms with van der Waals surface area (Å²) >= 11 is 1.69. The standard InChI is InChI=1S/C18H27FN4O2S/c1-26-13-6-16(20)18(25)23-11-9-22(10-12-23)8-7-21-17(24)14-4-2-3-5-15(14)19/h2-5,16H,6-13,20H2,1H3,(H,21,24)/t16-/m0/s1. The maximum Gasteiger partial charge on any atom is 0.254 e. The molecule has 2 rings (SSSR count). The monoisotopic (exact) mass is 382 g/mol. The van der Waals surface area contributed by atoms with Crippen molar-refractivity contribution in [2.45, 2.75) is 12.5 Å². The molecule has 0 aromatic heterocycles. The fourth-order valence-electron chi connectivity index (χ4n) is 2.86. The fourth-order valence-corrected chi connectivity index (χ4v) is 3.35. The molecule has 0 saturated carbocycles. The van der Waals surface area contributed by atoms with Gasteiger partial charge in [-0.3, -0.25) is 14.5 Å². The van der Waals surface area contributed by atoms with Gasteiger partial charge in [-0.2, -0.15) is 11.8 Å². The number of amides is 2. The van der Waals surface area contributed by atoms with E-state index in [2.05, 4.69) is 10.2 Å². The molecule has 1 aliphatic heterocycles. The Morgan fingerprint density at radius 2 is 1.96 bits per heavy atom. The van der Waals surface area contributed by atoms with Crippen molar-refractivity contribution in [3.63, 3.8) is 0 Å². The van der Waals surface area contributed by atoms with Crippen LogP contribution in [0.25, 0.3) is 0 Å². The molecule has 3 N–H and O–H groups in total. The second-order valence-corrected chi connectivity index (χ2v) is 7.28. The third-order valence-electron chi connectivity index (χ3n) is 4.47. The zero-order valence-corrected chi connectivity index (χ0v) is 15.9. The summed E-state index contributed by atoms with van der Waals surface area (Å²) in [5.41, 5.74) is 6.01. The van der Waals surface area contributed by atoms with E-state index in [1.807, 2.05) is 11.2 Å². The van der Waals surface area contributed by atoms with Gasteiger partial charge in [0.25, 0.3) is 5.91 Å². The molecule has 1 aliphatic rings. The minimum atomic E-state index is -0.519. The second kappa shape index (κ2) is 10.5. The van der Waals surface area contributed by atoms with Crippen molar-refractivity contribution in [2.24, 2.45) is 5.73 Å². The van der Waals surface area contributed by atoms with E-state index < -0.39 is 17.8 Å². The maximum atomic E-state index is 13.6. The van der Waals surface area contributed by atoms with Crippen LogP contribution in [-0.4, -0.2) is 78.9 Å². The molecule has 0 unspecified atom stereocenters. The summed E-state index contributed by atoms with van der Waals surface area (Å²) in [5, 5.41) is 2.74. The van der Waals surface area contributed by atoms with E-state index in [0.717, 1.165) is 18.8 Å². The van der Waals surface area contributed by atoms with Crippen LogP contribution in [-0.2, 0) is 4.79 Å². The molecular weight excluding hydrogens is 355 g/mol. The summed E-state index contributed by atoms with van der Waals surface area (Å²) < 4.78 is 13.6. The molecule has 2 amide bonds. The molecule has 1 atom stereocenters. The summed E-state index contributed by atoms with van der Waals surface area (Å²) in [4.78, 5) is 28.3. The van der Waals surface area contributed by atoms with Gasteiger partial charge in [0.1, 0.15) is 5.82 Å². The zero-order chi connectivity index (χ0) is 18.9. The maximum absolute atomic E-state index is 13.6. The van der Waals surface area contributed by atoms with Crippen molar-refractivity contribution in [3.8, 4) is 0 Å². The Kier molecular flexibility index (Phi) is 8.34. The lowest BCUT2D eigenvalue weighted by Gasteiger charge is -2.35. The molecule has 0 radical (unpaired) electrons. The van der Waals surface area contributed by atoms with E-state index >= 15 is 0 Å². The smallest absolute Gasteiger partial charge is 0.254 e. The lowest BCUT2D eigenvalue weighted by molar-refractivity contribution is -0.134. The molecule has 6 nitrogen and oxygen atoms in total. The summed E-state index contributed by atoms with van der Waals surface area (Å²) in [6, 6.07) is 5.51. The van der Waals surface area contributed by atoms with E-state index in [1.165, 1.54) is 12.1 Å². The van der Waals surface area contributed by atoms with Crippen molar-refractivity contribution >= 4 is 23.6 Å². The number of thioether (sulfide) groups is 1. The van der Waals surface area contributed by atoms with Crippen molar-refractivity contribution in [2.75, 3.05) is 51.3 Å². The Labute approximate surface area is 158 Å². The molecule has 0 spiro atoms. The largest absolute Gasteiger partial charge is 0.351 e. The van der Waals surface area contributed by atoms with Crippen LogP contribution >= 0.6 is 11.8 Å². The first kappa shape index (κ1) is 20.7. The summed E-state index contributed by atoms with van der Waals surface area (Å²) in [6.07, 6.45) is 2.70. The predicted octanol–water partition coefficient (Wildman–Crippen LogP) is 0.780. The van der Waals surface area contributed by atoms with Gasteiger partial charge in [-0.25, -0.2) is 4.39 Å². The summed E-state index contributed by atoms with van der Waals surface area (Å²) in [6.45, 7) is 3.89. The quantitative estimate of drug-likeness (QED) is 0.695. The molecule has 1 fully saturated rings. The van der Waals surface area contributed by atoms with Gasteiger partial charge in [0.15, 0.2) is 0 Å². The molecule has 8 heteroatoms. The Bertz CT molecular complexity index is 609. The van der Waals surface area contributed by atoms with Crippen LogP contribution in [0.15, 0.2) is 24.3 Å². The second-order valence-electron chi connectivity index (χ2n) is 6.29. The van der Waals surface area contributed by atoms with Gasteiger partial charge in [-0.1, -0.05) is 12.1 Å². The number of hydrogen-bond donors (Lipinski definition) is 2. The highest BCUT2D eigenvalue weighted by Crippen LogP contribution is 2.08. The first-order valence-corrected chi connectivity index (χ1v) is 10.2. The number of hydrogen-bond acceptors (Lipinski definition) is 5. The predicted molar refractivity (Wildman–Crippen MR) is 103 cm³/mol. The molecule has 1 saturated heterocycles. The van der Waals surface area contributed by atoms with Crippen LogP contribution in [0.3, 0.4) is 0 Å². The highest BCUT2D eigenvalue weighted by Gasteiger charge is 2.24. The Morgan fingerprint density at radius 1 is 1.27 bits per heavy atom. The Balaban J connectivity index is 1.68. The summed E-state index contributed by atoms with van der Waals surface area (Å²) in [5.74, 6) is -0.0210. The molecule has 1 aromatic rings. The Morgan fingerprint density at radius 3 is 2.62 bits per heavy atom. The van der Waals surface area contributed by atoms with Crippen molar-refractivity contribution in [1.82, 2.24) is 15.1 Å². The zero-order valence-electron chi connectivity index (χ0n) is 15.1. The lowest BCUT2D eigenvalue weighted by Crippen LogP contribution is -2.54. The molecule has 0 aliphatic carbocycles. The number of nitrogens with two attached hydrogens (primary N) is 1. The average Bonchev–Trinajstić information content (AvgIpc) is 2.66. The minimum absolute atomic E-state index is 0.0200. The molecule has 26 heavy (non-hydrogen) atoms. The Hall–Kier alpha value is -1.64. The molecule has 0 bridgehead atoms. The van der Waals surface area contributed by atoms with Gasteiger partial charge in [0.2, 0.25) is 5.91 Å². The highest BCUT2D eigenvalue weighted by atomic mass is 32.2. The van der Waals surface area contributed by atoms with E-state index in [-0.39, 0.29) is 11.5 Å². The van der Waals surface area contributed by atoms with Gasteiger partial charge in [0.05, 0.1) is 11.6 Å². The molecule has 144 valence electrons. The number of benzene rings is 1. The number of carbonyl (C=O) groups excluding carboxylic acids is 2. The highest BCUT2D eigenvalue weighted by molar-refractivity contribution is 7.98. The number of halogens is 1. The van der Waals surface area contributed by atoms with Gasteiger partial charge in [-0.15, -0.1) is 0 Å². The van der Waals surface area contributed by atoms with Crippen LogP contribution in [0.1, 0.15) is 16.8 Å². The van der Waals surface area contributed by atoms with E-state index in [0.29, 0.717) is 32.6 Å². The molecular formula is C18H27FN4O2S. The fraction of sp³-hybridized carbons (Fsp3) is 0.556. The summed E-state index contributed by atoms with van der Waals surface area (Å²) in [7, 11) is 0. The van der Waals surface area contributed by atoms with Crippen molar-refractivity contribution in [3.05, 3.63) is 35.6 Å². The van der Waals surface area contributed by atoms with Crippen molar-refractivity contribution < 1.29 is 14.0 Å². The van der Waals surface area contributed by atoms with Gasteiger partial charge in [-0.05, 0) is 30.6 Å². The lowest BCUT2D eigenvalue weighted by atomic mass is 10.2. The SMILES string of the molecule is CSCC[C@H](N)C(=O)N1CCN(CCNC(=O)c2ccccc2F)CC1. The molecule has 1 heterocycles. The number of carbonyl (C=O) groups is 2. The molecule has 1 aromatic carbocycles. The van der Waals surface area contributed by atoms with E-state index in [9.17, 15) is 14.0 Å². The topological polar surface area (TPSA) is 78.7 Å². The third-order valence-corrected chi connectivity index (χ3v) is 5.11. The number of piperazine rings is 1. The van der Waals surface area contributed by atoms with Crippen LogP contribution in [0.4, 0.5) is 4.39 Å². The number of nitrogens with zero attached hydrogens (tertiary/aromatic N) is 2. The average molecular weight is 383 g/mol. The normalized spacial score (nSPS) is 16.3. The van der Waals surface area contributed by atoms with Gasteiger partial charge >= 0.3 is 0 Å². The number of rotatable bonds is 8.